The molecule has 1 fully saturated rings. The molecule has 0 aliphatic heterocycles. The number of thiazole rings is 1. The highest BCUT2D eigenvalue weighted by atomic mass is 32.1. The number of likely N-dealkylation sites (N-methyl/N-ethyl adjacent to an activating group) is 1. The maximum Gasteiger partial charge on any atom is 0.231 e. The molecule has 2 aromatic heterocycles. The van der Waals surface area contributed by atoms with Crippen LogP contribution in [0.15, 0.2) is 15.4 Å². The van der Waals surface area contributed by atoms with Crippen LogP contribution in [0.3, 0.4) is 0 Å². The van der Waals surface area contributed by atoms with Crippen LogP contribution in [0, 0.1) is 0 Å². The molecule has 18 heavy (non-hydrogen) atoms. The van der Waals surface area contributed by atoms with Crippen molar-refractivity contribution in [3.8, 4) is 11.5 Å². The highest BCUT2D eigenvalue weighted by molar-refractivity contribution is 7.07. The Morgan fingerprint density at radius 2 is 2.28 bits per heavy atom. The van der Waals surface area contributed by atoms with Crippen molar-refractivity contribution in [1.82, 2.24) is 20.4 Å². The average molecular weight is 264 g/mol. The summed E-state index contributed by atoms with van der Waals surface area (Å²) in [6.45, 7) is 0. The SMILES string of the molecule is CNC1CCCCC1c1nc(-c2cscn2)no1. The van der Waals surface area contributed by atoms with E-state index in [2.05, 4.69) is 20.4 Å². The van der Waals surface area contributed by atoms with Gasteiger partial charge in [0.2, 0.25) is 11.7 Å². The van der Waals surface area contributed by atoms with E-state index in [0.717, 1.165) is 18.0 Å². The van der Waals surface area contributed by atoms with Gasteiger partial charge < -0.3 is 9.84 Å². The molecule has 3 rings (SSSR count). The van der Waals surface area contributed by atoms with Crippen molar-refractivity contribution in [2.24, 2.45) is 0 Å². The van der Waals surface area contributed by atoms with Crippen LogP contribution in [-0.2, 0) is 0 Å². The van der Waals surface area contributed by atoms with Gasteiger partial charge >= 0.3 is 0 Å². The lowest BCUT2D eigenvalue weighted by Gasteiger charge is -2.28. The molecule has 1 aliphatic rings. The van der Waals surface area contributed by atoms with Crippen LogP contribution in [0.1, 0.15) is 37.5 Å². The molecule has 0 aromatic carbocycles. The number of nitrogens with zero attached hydrogens (tertiary/aromatic N) is 3. The number of aromatic nitrogens is 3. The minimum atomic E-state index is 0.337. The van der Waals surface area contributed by atoms with Crippen molar-refractivity contribution in [2.45, 2.75) is 37.6 Å². The molecular weight excluding hydrogens is 248 g/mol. The summed E-state index contributed by atoms with van der Waals surface area (Å²) in [5.74, 6) is 1.69. The third-order valence-corrected chi connectivity index (χ3v) is 4.14. The Hall–Kier alpha value is -1.27. The van der Waals surface area contributed by atoms with Gasteiger partial charge in [-0.3, -0.25) is 0 Å². The molecule has 0 saturated heterocycles. The fraction of sp³-hybridized carbons (Fsp3) is 0.583. The van der Waals surface area contributed by atoms with Crippen LogP contribution >= 0.6 is 11.3 Å². The lowest BCUT2D eigenvalue weighted by molar-refractivity contribution is 0.270. The van der Waals surface area contributed by atoms with Gasteiger partial charge in [0.25, 0.3) is 0 Å². The van der Waals surface area contributed by atoms with Crippen molar-refractivity contribution in [1.29, 1.82) is 0 Å². The molecule has 6 heteroatoms. The van der Waals surface area contributed by atoms with Crippen LogP contribution < -0.4 is 5.32 Å². The fourth-order valence-corrected chi connectivity index (χ4v) is 3.12. The van der Waals surface area contributed by atoms with E-state index in [4.69, 9.17) is 4.52 Å². The van der Waals surface area contributed by atoms with Gasteiger partial charge in [-0.25, -0.2) is 4.98 Å². The maximum atomic E-state index is 5.42. The third kappa shape index (κ3) is 2.18. The molecule has 2 atom stereocenters. The van der Waals surface area contributed by atoms with Crippen LogP contribution in [0.25, 0.3) is 11.5 Å². The van der Waals surface area contributed by atoms with Crippen molar-refractivity contribution in [2.75, 3.05) is 7.05 Å². The number of nitrogens with one attached hydrogen (secondary N) is 1. The largest absolute Gasteiger partial charge is 0.339 e. The van der Waals surface area contributed by atoms with E-state index < -0.39 is 0 Å². The first kappa shape index (κ1) is 11.8. The van der Waals surface area contributed by atoms with Crippen LogP contribution in [0.4, 0.5) is 0 Å². The van der Waals surface area contributed by atoms with E-state index in [1.165, 1.54) is 30.6 Å². The highest BCUT2D eigenvalue weighted by Gasteiger charge is 2.30. The molecule has 1 N–H and O–H groups in total. The second-order valence-corrected chi connectivity index (χ2v) is 5.33. The summed E-state index contributed by atoms with van der Waals surface area (Å²) >= 11 is 1.54. The Morgan fingerprint density at radius 1 is 1.39 bits per heavy atom. The predicted molar refractivity (Wildman–Crippen MR) is 69.5 cm³/mol. The number of rotatable bonds is 3. The molecular formula is C12H16N4OS. The molecule has 5 nitrogen and oxygen atoms in total. The summed E-state index contributed by atoms with van der Waals surface area (Å²) in [4.78, 5) is 8.70. The normalized spacial score (nSPS) is 24.3. The van der Waals surface area contributed by atoms with Gasteiger partial charge in [-0.2, -0.15) is 4.98 Å². The van der Waals surface area contributed by atoms with Gasteiger partial charge in [-0.15, -0.1) is 11.3 Å². The zero-order valence-electron chi connectivity index (χ0n) is 10.3. The Labute approximate surface area is 110 Å². The van der Waals surface area contributed by atoms with Gasteiger partial charge in [0.15, 0.2) is 0 Å². The second kappa shape index (κ2) is 5.16. The molecule has 2 heterocycles. The van der Waals surface area contributed by atoms with Gasteiger partial charge in [0, 0.05) is 11.4 Å². The second-order valence-electron chi connectivity index (χ2n) is 4.62. The van der Waals surface area contributed by atoms with Crippen LogP contribution in [0.5, 0.6) is 0 Å². The highest BCUT2D eigenvalue weighted by Crippen LogP contribution is 2.32. The topological polar surface area (TPSA) is 63.8 Å². The van der Waals surface area contributed by atoms with Crippen molar-refractivity contribution in [3.63, 3.8) is 0 Å². The molecule has 1 saturated carbocycles. The van der Waals surface area contributed by atoms with E-state index in [-0.39, 0.29) is 0 Å². The summed E-state index contributed by atoms with van der Waals surface area (Å²) < 4.78 is 5.42. The molecule has 96 valence electrons. The summed E-state index contributed by atoms with van der Waals surface area (Å²) in [5, 5.41) is 9.32. The van der Waals surface area contributed by atoms with Crippen molar-refractivity contribution < 1.29 is 4.52 Å². The quantitative estimate of drug-likeness (QED) is 0.922. The van der Waals surface area contributed by atoms with E-state index in [1.807, 2.05) is 12.4 Å². The first-order valence-corrected chi connectivity index (χ1v) is 7.22. The molecule has 2 aromatic rings. The van der Waals surface area contributed by atoms with E-state index in [0.29, 0.717) is 17.8 Å². The minimum Gasteiger partial charge on any atom is -0.339 e. The molecule has 0 amide bonds. The smallest absolute Gasteiger partial charge is 0.231 e. The first-order valence-electron chi connectivity index (χ1n) is 6.28. The third-order valence-electron chi connectivity index (χ3n) is 3.56. The lowest BCUT2D eigenvalue weighted by Crippen LogP contribution is -2.34. The van der Waals surface area contributed by atoms with Gasteiger partial charge in [0.05, 0.1) is 11.4 Å². The van der Waals surface area contributed by atoms with Crippen LogP contribution in [-0.4, -0.2) is 28.2 Å². The molecule has 1 aliphatic carbocycles. The summed E-state index contributed by atoms with van der Waals surface area (Å²) in [5.41, 5.74) is 2.58. The minimum absolute atomic E-state index is 0.337. The maximum absolute atomic E-state index is 5.42. The van der Waals surface area contributed by atoms with Crippen molar-refractivity contribution >= 4 is 11.3 Å². The Bertz CT molecular complexity index is 496. The predicted octanol–water partition coefficient (Wildman–Crippen LogP) is 2.44. The monoisotopic (exact) mass is 264 g/mol. The van der Waals surface area contributed by atoms with Crippen LogP contribution in [0.2, 0.25) is 0 Å². The average Bonchev–Trinajstić information content (AvgIpc) is 3.09. The van der Waals surface area contributed by atoms with E-state index >= 15 is 0 Å². The Balaban J connectivity index is 1.84. The number of hydrogen-bond donors (Lipinski definition) is 1. The van der Waals surface area contributed by atoms with Gasteiger partial charge in [0.1, 0.15) is 5.69 Å². The first-order chi connectivity index (χ1) is 8.88. The van der Waals surface area contributed by atoms with E-state index in [9.17, 15) is 0 Å². The summed E-state index contributed by atoms with van der Waals surface area (Å²) in [6, 6.07) is 0.447. The zero-order chi connectivity index (χ0) is 12.4. The number of hydrogen-bond acceptors (Lipinski definition) is 6. The Kier molecular flexibility index (Phi) is 3.38. The zero-order valence-corrected chi connectivity index (χ0v) is 11.1. The summed E-state index contributed by atoms with van der Waals surface area (Å²) in [6.07, 6.45) is 4.80. The summed E-state index contributed by atoms with van der Waals surface area (Å²) in [7, 11) is 2.00. The molecule has 0 radical (unpaired) electrons. The van der Waals surface area contributed by atoms with Gasteiger partial charge in [-0.05, 0) is 19.9 Å². The standard InChI is InChI=1S/C12H16N4OS/c1-13-9-5-3-2-4-8(9)12-15-11(16-17-12)10-6-18-7-14-10/h6-9,13H,2-5H2,1H3. The van der Waals surface area contributed by atoms with Gasteiger partial charge in [-0.1, -0.05) is 18.0 Å². The molecule has 2 unspecified atom stereocenters. The fourth-order valence-electron chi connectivity index (χ4n) is 2.58. The Morgan fingerprint density at radius 3 is 3.06 bits per heavy atom. The molecule has 0 spiro atoms. The lowest BCUT2D eigenvalue weighted by atomic mass is 9.84. The van der Waals surface area contributed by atoms with Crippen molar-refractivity contribution in [3.05, 3.63) is 16.8 Å². The molecule has 0 bridgehead atoms. The van der Waals surface area contributed by atoms with E-state index in [1.54, 1.807) is 5.51 Å².